The van der Waals surface area contributed by atoms with Crippen molar-refractivity contribution in [3.8, 4) is 0 Å². The molecule has 0 radical (unpaired) electrons. The zero-order valence-corrected chi connectivity index (χ0v) is 13.4. The fourth-order valence-corrected chi connectivity index (χ4v) is 2.51. The molecular formula is C14H28ClN3O2. The van der Waals surface area contributed by atoms with Crippen molar-refractivity contribution in [1.29, 1.82) is 0 Å². The van der Waals surface area contributed by atoms with E-state index in [9.17, 15) is 9.59 Å². The molecule has 1 aliphatic heterocycles. The predicted molar refractivity (Wildman–Crippen MR) is 83.1 cm³/mol. The van der Waals surface area contributed by atoms with Gasteiger partial charge in [-0.1, -0.05) is 6.92 Å². The van der Waals surface area contributed by atoms with Crippen LogP contribution >= 0.6 is 12.4 Å². The van der Waals surface area contributed by atoms with Crippen LogP contribution in [0.25, 0.3) is 0 Å². The highest BCUT2D eigenvalue weighted by Crippen LogP contribution is 2.18. The fraction of sp³-hybridized carbons (Fsp3) is 0.857. The summed E-state index contributed by atoms with van der Waals surface area (Å²) in [6.45, 7) is 4.48. The highest BCUT2D eigenvalue weighted by atomic mass is 35.5. The lowest BCUT2D eigenvalue weighted by Crippen LogP contribution is -2.40. The van der Waals surface area contributed by atoms with E-state index in [-0.39, 0.29) is 24.2 Å². The Labute approximate surface area is 128 Å². The largest absolute Gasteiger partial charge is 0.356 e. The maximum Gasteiger partial charge on any atom is 0.222 e. The maximum absolute atomic E-state index is 12.1. The van der Waals surface area contributed by atoms with Gasteiger partial charge in [-0.05, 0) is 32.7 Å². The summed E-state index contributed by atoms with van der Waals surface area (Å²) in [4.78, 5) is 25.5. The van der Waals surface area contributed by atoms with Crippen LogP contribution in [0.1, 0.15) is 45.4 Å². The van der Waals surface area contributed by atoms with E-state index in [0.29, 0.717) is 25.3 Å². The van der Waals surface area contributed by atoms with Crippen molar-refractivity contribution in [2.24, 2.45) is 0 Å². The lowest BCUT2D eigenvalue weighted by atomic mass is 10.2. The first kappa shape index (κ1) is 19.2. The molecule has 1 atom stereocenters. The average molecular weight is 306 g/mol. The summed E-state index contributed by atoms with van der Waals surface area (Å²) in [5, 5.41) is 5.96. The Balaban J connectivity index is 0.00000361. The molecule has 1 rings (SSSR count). The van der Waals surface area contributed by atoms with Crippen LogP contribution in [0.3, 0.4) is 0 Å². The second-order valence-electron chi connectivity index (χ2n) is 5.14. The third kappa shape index (κ3) is 6.57. The maximum atomic E-state index is 12.1. The normalized spacial score (nSPS) is 17.7. The van der Waals surface area contributed by atoms with E-state index in [0.717, 1.165) is 38.9 Å². The molecule has 0 aromatic carbocycles. The van der Waals surface area contributed by atoms with Gasteiger partial charge in [0.25, 0.3) is 0 Å². The number of amides is 2. The predicted octanol–water partition coefficient (Wildman–Crippen LogP) is 1.32. The Kier molecular flexibility index (Phi) is 10.5. The smallest absolute Gasteiger partial charge is 0.222 e. The van der Waals surface area contributed by atoms with Crippen LogP contribution in [0.2, 0.25) is 0 Å². The molecule has 1 heterocycles. The lowest BCUT2D eigenvalue weighted by molar-refractivity contribution is -0.132. The molecule has 1 unspecified atom stereocenters. The number of carbonyl (C=O) groups is 2. The summed E-state index contributed by atoms with van der Waals surface area (Å²) in [7, 11) is 1.92. The minimum Gasteiger partial charge on any atom is -0.356 e. The highest BCUT2D eigenvalue weighted by Gasteiger charge is 2.27. The Morgan fingerprint density at radius 2 is 2.05 bits per heavy atom. The molecule has 2 N–H and O–H groups in total. The molecule has 118 valence electrons. The van der Waals surface area contributed by atoms with E-state index in [1.165, 1.54) is 0 Å². The molecule has 1 aliphatic rings. The quantitative estimate of drug-likeness (QED) is 0.711. The zero-order chi connectivity index (χ0) is 14.1. The van der Waals surface area contributed by atoms with Crippen LogP contribution in [-0.4, -0.2) is 49.4 Å². The molecule has 6 heteroatoms. The number of hydrogen-bond donors (Lipinski definition) is 2. The highest BCUT2D eigenvalue weighted by molar-refractivity contribution is 5.85. The van der Waals surface area contributed by atoms with Gasteiger partial charge in [0.15, 0.2) is 0 Å². The Morgan fingerprint density at radius 1 is 1.30 bits per heavy atom. The second-order valence-corrected chi connectivity index (χ2v) is 5.14. The minimum absolute atomic E-state index is 0. The molecule has 2 amide bonds. The van der Waals surface area contributed by atoms with Crippen LogP contribution in [0.4, 0.5) is 0 Å². The zero-order valence-electron chi connectivity index (χ0n) is 12.6. The monoisotopic (exact) mass is 305 g/mol. The van der Waals surface area contributed by atoms with Gasteiger partial charge in [-0.25, -0.2) is 0 Å². The summed E-state index contributed by atoms with van der Waals surface area (Å²) in [6.07, 6.45) is 4.72. The van der Waals surface area contributed by atoms with E-state index in [2.05, 4.69) is 10.6 Å². The summed E-state index contributed by atoms with van der Waals surface area (Å²) in [5.74, 6) is 0.254. The van der Waals surface area contributed by atoms with Gasteiger partial charge in [-0.15, -0.1) is 12.4 Å². The summed E-state index contributed by atoms with van der Waals surface area (Å²) < 4.78 is 0. The van der Waals surface area contributed by atoms with Gasteiger partial charge in [0.1, 0.15) is 0 Å². The van der Waals surface area contributed by atoms with Gasteiger partial charge in [0, 0.05) is 38.5 Å². The number of likely N-dealkylation sites (tertiary alicyclic amines) is 1. The van der Waals surface area contributed by atoms with Gasteiger partial charge in [-0.3, -0.25) is 9.59 Å². The van der Waals surface area contributed by atoms with E-state index >= 15 is 0 Å². The minimum atomic E-state index is 0. The lowest BCUT2D eigenvalue weighted by Gasteiger charge is -2.24. The Bertz CT molecular complexity index is 300. The molecule has 0 aliphatic carbocycles. The summed E-state index contributed by atoms with van der Waals surface area (Å²) >= 11 is 0. The molecular weight excluding hydrogens is 278 g/mol. The Hall–Kier alpha value is -0.810. The van der Waals surface area contributed by atoms with Crippen LogP contribution in [0.15, 0.2) is 0 Å². The number of nitrogens with one attached hydrogen (secondary N) is 2. The first-order valence-electron chi connectivity index (χ1n) is 7.39. The number of carbonyl (C=O) groups excluding carboxylic acids is 2. The van der Waals surface area contributed by atoms with Crippen LogP contribution in [0.5, 0.6) is 0 Å². The molecule has 1 fully saturated rings. The fourth-order valence-electron chi connectivity index (χ4n) is 2.51. The van der Waals surface area contributed by atoms with Crippen molar-refractivity contribution in [1.82, 2.24) is 15.5 Å². The average Bonchev–Trinajstić information content (AvgIpc) is 2.85. The molecule has 5 nitrogen and oxygen atoms in total. The number of hydrogen-bond acceptors (Lipinski definition) is 3. The standard InChI is InChI=1S/C14H27N3O2.ClH/c1-3-9-16-13(18)7-4-8-14(19)17-10-5-6-12(17)11-15-2;/h12,15H,3-11H2,1-2H3,(H,16,18);1H. The van der Waals surface area contributed by atoms with Crippen molar-refractivity contribution in [2.45, 2.75) is 51.5 Å². The molecule has 0 saturated carbocycles. The van der Waals surface area contributed by atoms with Crippen LogP contribution < -0.4 is 10.6 Å². The first-order chi connectivity index (χ1) is 9.19. The third-order valence-electron chi connectivity index (χ3n) is 3.50. The first-order valence-corrected chi connectivity index (χ1v) is 7.39. The van der Waals surface area contributed by atoms with E-state index in [1.54, 1.807) is 0 Å². The second kappa shape index (κ2) is 10.9. The SMILES string of the molecule is CCCNC(=O)CCCC(=O)N1CCCC1CNC.Cl. The van der Waals surface area contributed by atoms with Gasteiger partial charge in [0.05, 0.1) is 0 Å². The molecule has 0 spiro atoms. The summed E-state index contributed by atoms with van der Waals surface area (Å²) in [5.41, 5.74) is 0. The topological polar surface area (TPSA) is 61.4 Å². The van der Waals surface area contributed by atoms with E-state index in [1.807, 2.05) is 18.9 Å². The van der Waals surface area contributed by atoms with E-state index < -0.39 is 0 Å². The number of likely N-dealkylation sites (N-methyl/N-ethyl adjacent to an activating group) is 1. The molecule has 0 aromatic heterocycles. The van der Waals surface area contributed by atoms with Gasteiger partial charge < -0.3 is 15.5 Å². The van der Waals surface area contributed by atoms with Crippen molar-refractivity contribution in [3.05, 3.63) is 0 Å². The van der Waals surface area contributed by atoms with Gasteiger partial charge in [-0.2, -0.15) is 0 Å². The van der Waals surface area contributed by atoms with Crippen LogP contribution in [-0.2, 0) is 9.59 Å². The van der Waals surface area contributed by atoms with Crippen molar-refractivity contribution in [3.63, 3.8) is 0 Å². The number of nitrogens with zero attached hydrogens (tertiary/aromatic N) is 1. The Morgan fingerprint density at radius 3 is 2.70 bits per heavy atom. The van der Waals surface area contributed by atoms with Crippen molar-refractivity contribution in [2.75, 3.05) is 26.7 Å². The summed E-state index contributed by atoms with van der Waals surface area (Å²) in [6, 6.07) is 0.339. The van der Waals surface area contributed by atoms with Gasteiger partial charge >= 0.3 is 0 Å². The van der Waals surface area contributed by atoms with Crippen molar-refractivity contribution >= 4 is 24.2 Å². The number of halogens is 1. The van der Waals surface area contributed by atoms with Crippen molar-refractivity contribution < 1.29 is 9.59 Å². The van der Waals surface area contributed by atoms with Gasteiger partial charge in [0.2, 0.25) is 11.8 Å². The molecule has 0 aromatic rings. The van der Waals surface area contributed by atoms with Crippen LogP contribution in [0, 0.1) is 0 Å². The molecule has 1 saturated heterocycles. The number of rotatable bonds is 8. The molecule has 0 bridgehead atoms. The third-order valence-corrected chi connectivity index (χ3v) is 3.50. The molecule has 20 heavy (non-hydrogen) atoms. The van der Waals surface area contributed by atoms with E-state index in [4.69, 9.17) is 0 Å².